The highest BCUT2D eigenvalue weighted by atomic mass is 19.4. The van der Waals surface area contributed by atoms with Crippen LogP contribution in [0, 0.1) is 5.92 Å². The van der Waals surface area contributed by atoms with Crippen LogP contribution in [0.3, 0.4) is 0 Å². The number of rotatable bonds is 7. The van der Waals surface area contributed by atoms with Crippen LogP contribution in [0.15, 0.2) is 24.3 Å². The summed E-state index contributed by atoms with van der Waals surface area (Å²) in [6.45, 7) is 1.05. The van der Waals surface area contributed by atoms with E-state index in [0.29, 0.717) is 17.9 Å². The lowest BCUT2D eigenvalue weighted by Gasteiger charge is -2.28. The minimum Gasteiger partial charge on any atom is -0.497 e. The molecular formula is C18H23F3N2O3. The van der Waals surface area contributed by atoms with Crippen LogP contribution in [0.2, 0.25) is 0 Å². The molecule has 2 atom stereocenters. The fourth-order valence-electron chi connectivity index (χ4n) is 3.15. The molecular weight excluding hydrogens is 349 g/mol. The molecule has 1 N–H and O–H groups in total. The number of unbranched alkanes of at least 4 members (excludes halogenated alkanes) is 1. The Kier molecular flexibility index (Phi) is 6.50. The summed E-state index contributed by atoms with van der Waals surface area (Å²) in [5.41, 5.74) is 0.708. The molecule has 0 bridgehead atoms. The predicted octanol–water partition coefficient (Wildman–Crippen LogP) is 3.06. The minimum atomic E-state index is -4.49. The number of alkyl halides is 3. The van der Waals surface area contributed by atoms with Gasteiger partial charge in [0.15, 0.2) is 0 Å². The van der Waals surface area contributed by atoms with Gasteiger partial charge in [-0.25, -0.2) is 0 Å². The Morgan fingerprint density at radius 1 is 1.31 bits per heavy atom. The van der Waals surface area contributed by atoms with E-state index in [0.717, 1.165) is 12.8 Å². The van der Waals surface area contributed by atoms with Crippen LogP contribution in [-0.4, -0.2) is 43.1 Å². The summed E-state index contributed by atoms with van der Waals surface area (Å²) in [6, 6.07) is 6.32. The molecule has 2 unspecified atom stereocenters. The van der Waals surface area contributed by atoms with Crippen LogP contribution in [0.4, 0.5) is 13.2 Å². The summed E-state index contributed by atoms with van der Waals surface area (Å²) in [5, 5.41) is 1.92. The van der Waals surface area contributed by atoms with E-state index in [4.69, 9.17) is 4.74 Å². The van der Waals surface area contributed by atoms with Crippen LogP contribution in [0.1, 0.15) is 37.8 Å². The molecule has 8 heteroatoms. The topological polar surface area (TPSA) is 58.6 Å². The van der Waals surface area contributed by atoms with Crippen molar-refractivity contribution in [2.75, 3.05) is 20.2 Å². The maximum absolute atomic E-state index is 12.4. The highest BCUT2D eigenvalue weighted by Gasteiger charge is 2.44. The van der Waals surface area contributed by atoms with Gasteiger partial charge in [-0.2, -0.15) is 13.2 Å². The van der Waals surface area contributed by atoms with E-state index in [1.807, 2.05) is 12.2 Å². The highest BCUT2D eigenvalue weighted by molar-refractivity contribution is 5.90. The fraction of sp³-hybridized carbons (Fsp3) is 0.556. The smallest absolute Gasteiger partial charge is 0.405 e. The molecule has 1 fully saturated rings. The lowest BCUT2D eigenvalue weighted by Crippen LogP contribution is -2.40. The first-order chi connectivity index (χ1) is 12.3. The third-order valence-electron chi connectivity index (χ3n) is 4.44. The molecule has 0 saturated carbocycles. The fourth-order valence-corrected chi connectivity index (χ4v) is 3.15. The molecule has 26 heavy (non-hydrogen) atoms. The first kappa shape index (κ1) is 20.1. The summed E-state index contributed by atoms with van der Waals surface area (Å²) < 4.78 is 42.4. The first-order valence-corrected chi connectivity index (χ1v) is 8.54. The standard InChI is InChI=1S/C18H23F3N2O3/c1-3-4-9-23-15(24)10-14(17(25)22-11-18(19,20)21)16(23)12-5-7-13(26-2)8-6-12/h5-8,14,16H,3-4,9-11H2,1-2H3,(H,22,25). The van der Waals surface area contributed by atoms with Crippen molar-refractivity contribution < 1.29 is 27.5 Å². The second-order valence-electron chi connectivity index (χ2n) is 6.30. The van der Waals surface area contributed by atoms with Gasteiger partial charge in [0.05, 0.1) is 19.1 Å². The lowest BCUT2D eigenvalue weighted by molar-refractivity contribution is -0.141. The van der Waals surface area contributed by atoms with Crippen molar-refractivity contribution >= 4 is 11.8 Å². The van der Waals surface area contributed by atoms with Gasteiger partial charge in [-0.05, 0) is 24.1 Å². The molecule has 0 spiro atoms. The molecule has 2 amide bonds. The lowest BCUT2D eigenvalue weighted by atomic mass is 9.92. The van der Waals surface area contributed by atoms with Crippen molar-refractivity contribution in [2.24, 2.45) is 5.92 Å². The van der Waals surface area contributed by atoms with Gasteiger partial charge in [0.1, 0.15) is 12.3 Å². The van der Waals surface area contributed by atoms with Crippen molar-refractivity contribution in [3.05, 3.63) is 29.8 Å². The minimum absolute atomic E-state index is 0.0932. The molecule has 144 valence electrons. The van der Waals surface area contributed by atoms with Crippen molar-refractivity contribution in [1.82, 2.24) is 10.2 Å². The Bertz CT molecular complexity index is 632. The van der Waals surface area contributed by atoms with E-state index >= 15 is 0 Å². The summed E-state index contributed by atoms with van der Waals surface area (Å²) in [5.74, 6) is -1.20. The van der Waals surface area contributed by atoms with Crippen molar-refractivity contribution in [1.29, 1.82) is 0 Å². The number of halogens is 3. The quantitative estimate of drug-likeness (QED) is 0.800. The molecule has 1 heterocycles. The second kappa shape index (κ2) is 8.42. The monoisotopic (exact) mass is 372 g/mol. The van der Waals surface area contributed by atoms with E-state index in [-0.39, 0.29) is 12.3 Å². The van der Waals surface area contributed by atoms with Crippen molar-refractivity contribution in [3.63, 3.8) is 0 Å². The number of hydrogen-bond donors (Lipinski definition) is 1. The maximum Gasteiger partial charge on any atom is 0.405 e. The SMILES string of the molecule is CCCCN1C(=O)CC(C(=O)NCC(F)(F)F)C1c1ccc(OC)cc1. The van der Waals surface area contributed by atoms with Crippen LogP contribution < -0.4 is 10.1 Å². The Morgan fingerprint density at radius 3 is 2.50 bits per heavy atom. The van der Waals surface area contributed by atoms with Gasteiger partial charge in [-0.3, -0.25) is 9.59 Å². The molecule has 1 saturated heterocycles. The van der Waals surface area contributed by atoms with E-state index < -0.39 is 30.6 Å². The zero-order valence-corrected chi connectivity index (χ0v) is 14.8. The van der Waals surface area contributed by atoms with Gasteiger partial charge in [0, 0.05) is 13.0 Å². The van der Waals surface area contributed by atoms with Gasteiger partial charge in [-0.15, -0.1) is 0 Å². The third-order valence-corrected chi connectivity index (χ3v) is 4.44. The number of carbonyl (C=O) groups excluding carboxylic acids is 2. The van der Waals surface area contributed by atoms with E-state index in [1.54, 1.807) is 29.2 Å². The number of carbonyl (C=O) groups is 2. The number of hydrogen-bond acceptors (Lipinski definition) is 3. The van der Waals surface area contributed by atoms with E-state index in [9.17, 15) is 22.8 Å². The van der Waals surface area contributed by atoms with Crippen LogP contribution in [-0.2, 0) is 9.59 Å². The Labute approximate surface area is 150 Å². The Morgan fingerprint density at radius 2 is 1.96 bits per heavy atom. The molecule has 0 aliphatic carbocycles. The van der Waals surface area contributed by atoms with Gasteiger partial charge in [0.2, 0.25) is 11.8 Å². The average Bonchev–Trinajstić information content (AvgIpc) is 2.93. The van der Waals surface area contributed by atoms with E-state index in [2.05, 4.69) is 0 Å². The number of benzene rings is 1. The zero-order valence-electron chi connectivity index (χ0n) is 14.8. The van der Waals surface area contributed by atoms with Gasteiger partial charge in [0.25, 0.3) is 0 Å². The molecule has 1 aliphatic rings. The average molecular weight is 372 g/mol. The van der Waals surface area contributed by atoms with Gasteiger partial charge < -0.3 is 15.0 Å². The largest absolute Gasteiger partial charge is 0.497 e. The zero-order chi connectivity index (χ0) is 19.3. The van der Waals surface area contributed by atoms with E-state index in [1.165, 1.54) is 7.11 Å². The van der Waals surface area contributed by atoms with Crippen molar-refractivity contribution in [2.45, 2.75) is 38.4 Å². The van der Waals surface area contributed by atoms with Gasteiger partial charge >= 0.3 is 6.18 Å². The predicted molar refractivity (Wildman–Crippen MR) is 89.5 cm³/mol. The number of ether oxygens (including phenoxy) is 1. The molecule has 5 nitrogen and oxygen atoms in total. The number of nitrogens with zero attached hydrogens (tertiary/aromatic N) is 1. The number of methoxy groups -OCH3 is 1. The molecule has 0 radical (unpaired) electrons. The Hall–Kier alpha value is -2.25. The number of nitrogens with one attached hydrogen (secondary N) is 1. The second-order valence-corrected chi connectivity index (χ2v) is 6.30. The molecule has 1 aromatic rings. The Balaban J connectivity index is 2.26. The van der Waals surface area contributed by atoms with Crippen molar-refractivity contribution in [3.8, 4) is 5.75 Å². The number of likely N-dealkylation sites (tertiary alicyclic amines) is 1. The van der Waals surface area contributed by atoms with Gasteiger partial charge in [-0.1, -0.05) is 25.5 Å². The summed E-state index contributed by atoms with van der Waals surface area (Å²) in [7, 11) is 1.52. The summed E-state index contributed by atoms with van der Waals surface area (Å²) in [4.78, 5) is 26.4. The maximum atomic E-state index is 12.4. The third kappa shape index (κ3) is 4.89. The summed E-state index contributed by atoms with van der Waals surface area (Å²) >= 11 is 0. The first-order valence-electron chi connectivity index (χ1n) is 8.54. The summed E-state index contributed by atoms with van der Waals surface area (Å²) in [6.07, 6.45) is -2.96. The van der Waals surface area contributed by atoms with Crippen LogP contribution in [0.5, 0.6) is 5.75 Å². The molecule has 0 aromatic heterocycles. The highest BCUT2D eigenvalue weighted by Crippen LogP contribution is 2.39. The molecule has 1 aromatic carbocycles. The normalized spacial score (nSPS) is 20.3. The molecule has 1 aliphatic heterocycles. The van der Waals surface area contributed by atoms with Crippen LogP contribution >= 0.6 is 0 Å². The molecule has 2 rings (SSSR count). The number of amides is 2. The van der Waals surface area contributed by atoms with Crippen LogP contribution in [0.25, 0.3) is 0 Å².